The van der Waals surface area contributed by atoms with Crippen molar-refractivity contribution in [2.75, 3.05) is 0 Å². The van der Waals surface area contributed by atoms with Crippen LogP contribution < -0.4 is 5.73 Å². The summed E-state index contributed by atoms with van der Waals surface area (Å²) in [6.45, 7) is 0. The third-order valence-electron chi connectivity index (χ3n) is 3.98. The number of pyridine rings is 1. The maximum absolute atomic E-state index is 6.28. The number of nitrogens with two attached hydrogens (primary N) is 1. The predicted octanol–water partition coefficient (Wildman–Crippen LogP) is 4.16. The lowest BCUT2D eigenvalue weighted by molar-refractivity contribution is 0.461. The molecule has 1 fully saturated rings. The number of hydrogen-bond donors (Lipinski definition) is 1. The first kappa shape index (κ1) is 15.2. The van der Waals surface area contributed by atoms with Crippen LogP contribution in [0, 0.1) is 0 Å². The molecule has 1 aliphatic rings. The lowest BCUT2D eigenvalue weighted by Gasteiger charge is -2.12. The van der Waals surface area contributed by atoms with E-state index in [2.05, 4.69) is 58.9 Å². The van der Waals surface area contributed by atoms with Crippen LogP contribution in [-0.4, -0.2) is 14.8 Å². The Morgan fingerprint density at radius 2 is 2.10 bits per heavy atom. The summed E-state index contributed by atoms with van der Waals surface area (Å²) in [7, 11) is 0. The predicted molar refractivity (Wildman–Crippen MR) is 90.0 cm³/mol. The molecule has 2 aromatic rings. The normalized spacial score (nSPS) is 17.3. The zero-order chi connectivity index (χ0) is 14.8. The number of hydrogen-bond acceptors (Lipinski definition) is 3. The summed E-state index contributed by atoms with van der Waals surface area (Å²) >= 11 is 6.93. The van der Waals surface area contributed by atoms with Gasteiger partial charge in [-0.3, -0.25) is 9.67 Å². The van der Waals surface area contributed by atoms with Crippen LogP contribution in [-0.2, 0) is 6.42 Å². The number of halogens is 2. The molecule has 2 N–H and O–H groups in total. The summed E-state index contributed by atoms with van der Waals surface area (Å²) in [6.07, 6.45) is 9.68. The van der Waals surface area contributed by atoms with Gasteiger partial charge in [0.25, 0.3) is 0 Å². The maximum Gasteiger partial charge on any atom is 0.0717 e. The van der Waals surface area contributed by atoms with E-state index in [1.54, 1.807) is 6.20 Å². The van der Waals surface area contributed by atoms with Gasteiger partial charge in [0, 0.05) is 27.8 Å². The topological polar surface area (TPSA) is 56.7 Å². The van der Waals surface area contributed by atoms with Gasteiger partial charge in [0.1, 0.15) is 0 Å². The smallest absolute Gasteiger partial charge is 0.0717 e. The van der Waals surface area contributed by atoms with Gasteiger partial charge in [0.2, 0.25) is 0 Å². The highest BCUT2D eigenvalue weighted by molar-refractivity contribution is 9.11. The van der Waals surface area contributed by atoms with Gasteiger partial charge in [-0.25, -0.2) is 0 Å². The first-order valence-corrected chi connectivity index (χ1v) is 8.82. The highest BCUT2D eigenvalue weighted by Gasteiger charge is 2.19. The van der Waals surface area contributed by atoms with Gasteiger partial charge in [-0.1, -0.05) is 12.8 Å². The molecule has 2 heterocycles. The first-order valence-electron chi connectivity index (χ1n) is 7.24. The summed E-state index contributed by atoms with van der Waals surface area (Å²) in [5.74, 6) is 0. The SMILES string of the molecule is NC(Cc1ccn(C2CCCC2)n1)c1ncc(Br)cc1Br. The summed E-state index contributed by atoms with van der Waals surface area (Å²) < 4.78 is 3.98. The van der Waals surface area contributed by atoms with Gasteiger partial charge in [0.15, 0.2) is 0 Å². The molecule has 1 aliphatic carbocycles. The quantitative estimate of drug-likeness (QED) is 0.818. The molecule has 0 radical (unpaired) electrons. The Kier molecular flexibility index (Phi) is 4.76. The third kappa shape index (κ3) is 3.55. The van der Waals surface area contributed by atoms with Crippen molar-refractivity contribution in [3.63, 3.8) is 0 Å². The number of nitrogens with zero attached hydrogens (tertiary/aromatic N) is 3. The molecule has 0 saturated heterocycles. The molecule has 1 saturated carbocycles. The Bertz CT molecular complexity index is 620. The van der Waals surface area contributed by atoms with Crippen molar-refractivity contribution in [3.05, 3.63) is 44.9 Å². The molecule has 0 aliphatic heterocycles. The van der Waals surface area contributed by atoms with Crippen LogP contribution >= 0.6 is 31.9 Å². The van der Waals surface area contributed by atoms with E-state index in [-0.39, 0.29) is 6.04 Å². The molecule has 6 heteroatoms. The highest BCUT2D eigenvalue weighted by atomic mass is 79.9. The molecule has 112 valence electrons. The van der Waals surface area contributed by atoms with E-state index in [0.29, 0.717) is 12.5 Å². The van der Waals surface area contributed by atoms with Crippen LogP contribution in [0.4, 0.5) is 0 Å². The molecular weight excluding hydrogens is 396 g/mol. The standard InChI is InChI=1S/C15H18Br2N4/c16-10-7-13(17)15(19-9-10)14(18)8-11-5-6-21(20-11)12-3-1-2-4-12/h5-7,9,12,14H,1-4,8,18H2. The maximum atomic E-state index is 6.28. The van der Waals surface area contributed by atoms with E-state index in [9.17, 15) is 0 Å². The molecule has 1 atom stereocenters. The second-order valence-electron chi connectivity index (χ2n) is 5.56. The van der Waals surface area contributed by atoms with Crippen LogP contribution in [0.2, 0.25) is 0 Å². The lowest BCUT2D eigenvalue weighted by Crippen LogP contribution is -2.16. The van der Waals surface area contributed by atoms with Gasteiger partial charge in [0.05, 0.1) is 23.5 Å². The molecule has 3 rings (SSSR count). The summed E-state index contributed by atoms with van der Waals surface area (Å²) in [4.78, 5) is 4.40. The van der Waals surface area contributed by atoms with E-state index < -0.39 is 0 Å². The minimum absolute atomic E-state index is 0.153. The fourth-order valence-electron chi connectivity index (χ4n) is 2.88. The molecular formula is C15H18Br2N4. The second-order valence-corrected chi connectivity index (χ2v) is 7.33. The van der Waals surface area contributed by atoms with Crippen molar-refractivity contribution in [3.8, 4) is 0 Å². The lowest BCUT2D eigenvalue weighted by atomic mass is 10.1. The van der Waals surface area contributed by atoms with Crippen LogP contribution in [0.1, 0.15) is 49.2 Å². The van der Waals surface area contributed by atoms with E-state index in [4.69, 9.17) is 5.73 Å². The van der Waals surface area contributed by atoms with Gasteiger partial charge in [-0.15, -0.1) is 0 Å². The fourth-order valence-corrected chi connectivity index (χ4v) is 4.16. The third-order valence-corrected chi connectivity index (χ3v) is 5.05. The largest absolute Gasteiger partial charge is 0.322 e. The molecule has 0 amide bonds. The Hall–Kier alpha value is -0.720. The van der Waals surface area contributed by atoms with Gasteiger partial charge in [-0.05, 0) is 56.8 Å². The molecule has 0 bridgehead atoms. The minimum Gasteiger partial charge on any atom is -0.322 e. The highest BCUT2D eigenvalue weighted by Crippen LogP contribution is 2.29. The average molecular weight is 414 g/mol. The van der Waals surface area contributed by atoms with Crippen LogP contribution in [0.5, 0.6) is 0 Å². The Morgan fingerprint density at radius 1 is 1.33 bits per heavy atom. The zero-order valence-corrected chi connectivity index (χ0v) is 14.8. The van der Waals surface area contributed by atoms with Crippen LogP contribution in [0.25, 0.3) is 0 Å². The van der Waals surface area contributed by atoms with Gasteiger partial charge >= 0.3 is 0 Å². The van der Waals surface area contributed by atoms with Gasteiger partial charge in [-0.2, -0.15) is 5.10 Å². The molecule has 0 aromatic carbocycles. The van der Waals surface area contributed by atoms with E-state index >= 15 is 0 Å². The van der Waals surface area contributed by atoms with Crippen LogP contribution in [0.15, 0.2) is 33.5 Å². The minimum atomic E-state index is -0.153. The molecule has 4 nitrogen and oxygen atoms in total. The Labute approximate surface area is 141 Å². The van der Waals surface area contributed by atoms with Crippen molar-refractivity contribution in [1.82, 2.24) is 14.8 Å². The number of aromatic nitrogens is 3. The van der Waals surface area contributed by atoms with Gasteiger partial charge < -0.3 is 5.73 Å². The van der Waals surface area contributed by atoms with E-state index in [1.807, 2.05) is 6.07 Å². The Balaban J connectivity index is 1.70. The molecule has 2 aromatic heterocycles. The number of rotatable bonds is 4. The monoisotopic (exact) mass is 412 g/mol. The van der Waals surface area contributed by atoms with Crippen molar-refractivity contribution < 1.29 is 0 Å². The molecule has 0 spiro atoms. The fraction of sp³-hybridized carbons (Fsp3) is 0.467. The average Bonchev–Trinajstić information content (AvgIpc) is 3.08. The van der Waals surface area contributed by atoms with Crippen molar-refractivity contribution in [2.24, 2.45) is 5.73 Å². The van der Waals surface area contributed by atoms with E-state index in [1.165, 1.54) is 25.7 Å². The summed E-state index contributed by atoms with van der Waals surface area (Å²) in [6, 6.07) is 4.47. The summed E-state index contributed by atoms with van der Waals surface area (Å²) in [5.41, 5.74) is 8.19. The zero-order valence-electron chi connectivity index (χ0n) is 11.7. The van der Waals surface area contributed by atoms with Crippen LogP contribution in [0.3, 0.4) is 0 Å². The molecule has 1 unspecified atom stereocenters. The van der Waals surface area contributed by atoms with E-state index in [0.717, 1.165) is 20.3 Å². The molecule has 21 heavy (non-hydrogen) atoms. The van der Waals surface area contributed by atoms with Crippen molar-refractivity contribution >= 4 is 31.9 Å². The second kappa shape index (κ2) is 6.58. The Morgan fingerprint density at radius 3 is 2.81 bits per heavy atom. The summed E-state index contributed by atoms with van der Waals surface area (Å²) in [5, 5.41) is 4.69. The van der Waals surface area contributed by atoms with Crippen molar-refractivity contribution in [2.45, 2.75) is 44.2 Å². The van der Waals surface area contributed by atoms with Crippen molar-refractivity contribution in [1.29, 1.82) is 0 Å². The first-order chi connectivity index (χ1) is 10.1.